The summed E-state index contributed by atoms with van der Waals surface area (Å²) < 4.78 is 0. The average molecular weight is 528 g/mol. The third-order valence-electron chi connectivity index (χ3n) is 7.84. The van der Waals surface area contributed by atoms with Crippen molar-refractivity contribution in [1.82, 2.24) is 19.9 Å². The molecule has 0 saturated carbocycles. The van der Waals surface area contributed by atoms with Gasteiger partial charge in [0.25, 0.3) is 0 Å². The number of aromatic nitrogens is 3. The molecule has 5 aromatic carbocycles. The molecule has 5 nitrogen and oxygen atoms in total. The van der Waals surface area contributed by atoms with Crippen molar-refractivity contribution in [1.29, 1.82) is 0 Å². The Bertz CT molecular complexity index is 1960. The Balaban J connectivity index is 1.55. The first-order valence-electron chi connectivity index (χ1n) is 13.8. The molecule has 0 bridgehead atoms. The van der Waals surface area contributed by atoms with E-state index in [0.29, 0.717) is 5.82 Å². The van der Waals surface area contributed by atoms with Crippen LogP contribution in [0.4, 0.5) is 5.69 Å². The molecule has 6 aromatic rings. The number of anilines is 1. The van der Waals surface area contributed by atoms with Gasteiger partial charge >= 0.3 is 0 Å². The second kappa shape index (κ2) is 9.57. The fraction of sp³-hybridized carbons (Fsp3) is 0.0278. The van der Waals surface area contributed by atoms with Gasteiger partial charge in [0.05, 0.1) is 5.70 Å². The standard InChI is InChI=1S/C36H25N5/c1-3-13-25(14-4-1)32-27-17-7-9-19-29(27)33(30-20-10-8-18-28(30)32)34-35(36-38-23-37-24-39-36)41(26-15-5-2-6-16-26)31-21-11-12-22-40(31)34/h1-21,23-24H,22H2. The Kier molecular flexibility index (Phi) is 5.45. The highest BCUT2D eigenvalue weighted by atomic mass is 15.4. The van der Waals surface area contributed by atoms with E-state index in [1.807, 2.05) is 6.07 Å². The highest BCUT2D eigenvalue weighted by molar-refractivity contribution is 6.21. The van der Waals surface area contributed by atoms with E-state index in [9.17, 15) is 0 Å². The average Bonchev–Trinajstić information content (AvgIpc) is 3.39. The van der Waals surface area contributed by atoms with Gasteiger partial charge in [-0.15, -0.1) is 0 Å². The van der Waals surface area contributed by atoms with Crippen LogP contribution in [0.5, 0.6) is 0 Å². The molecule has 0 N–H and O–H groups in total. The fourth-order valence-corrected chi connectivity index (χ4v) is 6.21. The number of allylic oxidation sites excluding steroid dienone is 2. The zero-order valence-electron chi connectivity index (χ0n) is 22.2. The molecule has 3 heterocycles. The summed E-state index contributed by atoms with van der Waals surface area (Å²) in [6.45, 7) is 0.738. The van der Waals surface area contributed by atoms with Gasteiger partial charge in [-0.1, -0.05) is 109 Å². The van der Waals surface area contributed by atoms with Crippen molar-refractivity contribution in [2.45, 2.75) is 0 Å². The molecule has 2 aliphatic heterocycles. The Labute approximate surface area is 238 Å². The number of para-hydroxylation sites is 1. The van der Waals surface area contributed by atoms with E-state index in [4.69, 9.17) is 9.97 Å². The van der Waals surface area contributed by atoms with Gasteiger partial charge in [0.1, 0.15) is 24.2 Å². The minimum atomic E-state index is 0.634. The molecule has 0 unspecified atom stereocenters. The minimum Gasteiger partial charge on any atom is -0.321 e. The highest BCUT2D eigenvalue weighted by Gasteiger charge is 2.39. The maximum absolute atomic E-state index is 4.70. The van der Waals surface area contributed by atoms with Crippen LogP contribution in [0.2, 0.25) is 0 Å². The van der Waals surface area contributed by atoms with Crippen LogP contribution in [-0.2, 0) is 0 Å². The zero-order valence-corrected chi connectivity index (χ0v) is 22.2. The van der Waals surface area contributed by atoms with Crippen molar-refractivity contribution < 1.29 is 0 Å². The summed E-state index contributed by atoms with van der Waals surface area (Å²) in [7, 11) is 0. The lowest BCUT2D eigenvalue weighted by Gasteiger charge is -2.29. The first-order valence-corrected chi connectivity index (χ1v) is 13.8. The lowest BCUT2D eigenvalue weighted by Crippen LogP contribution is -2.27. The Morgan fingerprint density at radius 3 is 1.76 bits per heavy atom. The molecule has 0 fully saturated rings. The van der Waals surface area contributed by atoms with Crippen LogP contribution in [-0.4, -0.2) is 26.4 Å². The van der Waals surface area contributed by atoms with E-state index >= 15 is 0 Å². The zero-order chi connectivity index (χ0) is 27.2. The minimum absolute atomic E-state index is 0.634. The summed E-state index contributed by atoms with van der Waals surface area (Å²) in [5.41, 5.74) is 6.70. The van der Waals surface area contributed by atoms with E-state index in [2.05, 4.69) is 136 Å². The first kappa shape index (κ1) is 23.3. The van der Waals surface area contributed by atoms with Gasteiger partial charge in [-0.05, 0) is 50.9 Å². The monoisotopic (exact) mass is 527 g/mol. The van der Waals surface area contributed by atoms with Crippen LogP contribution in [0.15, 0.2) is 146 Å². The summed E-state index contributed by atoms with van der Waals surface area (Å²) in [4.78, 5) is 18.2. The van der Waals surface area contributed by atoms with E-state index in [0.717, 1.165) is 29.4 Å². The number of rotatable bonds is 4. The summed E-state index contributed by atoms with van der Waals surface area (Å²) >= 11 is 0. The second-order valence-corrected chi connectivity index (χ2v) is 10.1. The van der Waals surface area contributed by atoms with Crippen LogP contribution in [0, 0.1) is 0 Å². The SMILES string of the molecule is C1=CCN2C(=C1)N(c1ccccc1)C(c1ncncn1)=C2c1c2ccccc2c(-c2ccccc2)c2ccccc12. The molecule has 1 aromatic heterocycles. The van der Waals surface area contributed by atoms with Gasteiger partial charge in [-0.2, -0.15) is 0 Å². The van der Waals surface area contributed by atoms with Crippen LogP contribution < -0.4 is 4.90 Å². The maximum atomic E-state index is 4.70. The lowest BCUT2D eigenvalue weighted by atomic mass is 9.86. The largest absolute Gasteiger partial charge is 0.321 e. The lowest BCUT2D eigenvalue weighted by molar-refractivity contribution is 0.547. The van der Waals surface area contributed by atoms with Gasteiger partial charge in [0, 0.05) is 17.8 Å². The van der Waals surface area contributed by atoms with Crippen LogP contribution >= 0.6 is 0 Å². The molecule has 0 amide bonds. The van der Waals surface area contributed by atoms with Gasteiger partial charge in [-0.3, -0.25) is 4.90 Å². The quantitative estimate of drug-likeness (QED) is 0.218. The van der Waals surface area contributed by atoms with E-state index in [-0.39, 0.29) is 0 Å². The van der Waals surface area contributed by atoms with Crippen molar-refractivity contribution in [2.75, 3.05) is 11.4 Å². The van der Waals surface area contributed by atoms with Gasteiger partial charge in [0.15, 0.2) is 5.82 Å². The van der Waals surface area contributed by atoms with E-state index in [1.165, 1.54) is 38.2 Å². The van der Waals surface area contributed by atoms with Crippen molar-refractivity contribution in [3.8, 4) is 11.1 Å². The molecular formula is C36H25N5. The predicted molar refractivity (Wildman–Crippen MR) is 166 cm³/mol. The second-order valence-electron chi connectivity index (χ2n) is 10.1. The summed E-state index contributed by atoms with van der Waals surface area (Å²) in [5.74, 6) is 1.71. The molecule has 2 aliphatic rings. The summed E-state index contributed by atoms with van der Waals surface area (Å²) in [6.07, 6.45) is 9.66. The van der Waals surface area contributed by atoms with Crippen molar-refractivity contribution in [2.24, 2.45) is 0 Å². The molecular weight excluding hydrogens is 502 g/mol. The number of hydrogen-bond donors (Lipinski definition) is 0. The maximum Gasteiger partial charge on any atom is 0.181 e. The fourth-order valence-electron chi connectivity index (χ4n) is 6.21. The van der Waals surface area contributed by atoms with E-state index in [1.54, 1.807) is 12.7 Å². The van der Waals surface area contributed by atoms with E-state index < -0.39 is 0 Å². The van der Waals surface area contributed by atoms with Crippen molar-refractivity contribution >= 4 is 38.6 Å². The molecule has 8 rings (SSSR count). The van der Waals surface area contributed by atoms with Crippen LogP contribution in [0.3, 0.4) is 0 Å². The highest BCUT2D eigenvalue weighted by Crippen LogP contribution is 2.50. The molecule has 0 spiro atoms. The normalized spacial score (nSPS) is 14.6. The molecule has 41 heavy (non-hydrogen) atoms. The topological polar surface area (TPSA) is 45.2 Å². The van der Waals surface area contributed by atoms with Crippen molar-refractivity contribution in [3.63, 3.8) is 0 Å². The Hall–Kier alpha value is -5.55. The molecule has 194 valence electrons. The molecule has 0 aliphatic carbocycles. The van der Waals surface area contributed by atoms with Crippen molar-refractivity contribution in [3.05, 3.63) is 157 Å². The number of nitrogens with zero attached hydrogens (tertiary/aromatic N) is 5. The third-order valence-corrected chi connectivity index (χ3v) is 7.84. The van der Waals surface area contributed by atoms with Crippen LogP contribution in [0.25, 0.3) is 44.1 Å². The Morgan fingerprint density at radius 2 is 1.12 bits per heavy atom. The third kappa shape index (κ3) is 3.67. The molecule has 5 heteroatoms. The Morgan fingerprint density at radius 1 is 0.561 bits per heavy atom. The molecule has 0 radical (unpaired) electrons. The number of hydrogen-bond acceptors (Lipinski definition) is 5. The molecule has 0 saturated heterocycles. The molecule has 0 atom stereocenters. The predicted octanol–water partition coefficient (Wildman–Crippen LogP) is 7.90. The van der Waals surface area contributed by atoms with Crippen LogP contribution in [0.1, 0.15) is 11.4 Å². The van der Waals surface area contributed by atoms with Gasteiger partial charge in [0.2, 0.25) is 0 Å². The number of fused-ring (bicyclic) bond motifs is 3. The smallest absolute Gasteiger partial charge is 0.181 e. The summed E-state index contributed by atoms with van der Waals surface area (Å²) in [6, 6.07) is 38.7. The van der Waals surface area contributed by atoms with Gasteiger partial charge in [-0.25, -0.2) is 15.0 Å². The van der Waals surface area contributed by atoms with Gasteiger partial charge < -0.3 is 4.90 Å². The number of benzene rings is 5. The summed E-state index contributed by atoms with van der Waals surface area (Å²) in [5, 5.41) is 4.81. The first-order chi connectivity index (χ1) is 20.4.